The zero-order valence-electron chi connectivity index (χ0n) is 13.8. The molecule has 0 spiro atoms. The number of amides is 1. The number of nitriles is 1. The summed E-state index contributed by atoms with van der Waals surface area (Å²) in [6.07, 6.45) is -0.883. The van der Waals surface area contributed by atoms with Crippen LogP contribution in [0.4, 0.5) is 5.00 Å². The van der Waals surface area contributed by atoms with Gasteiger partial charge in [-0.25, -0.2) is 4.79 Å². The van der Waals surface area contributed by atoms with Crippen molar-refractivity contribution in [2.75, 3.05) is 5.32 Å². The highest BCUT2D eigenvalue weighted by Gasteiger charge is 2.24. The van der Waals surface area contributed by atoms with Crippen LogP contribution in [0.3, 0.4) is 0 Å². The van der Waals surface area contributed by atoms with Crippen LogP contribution in [0.2, 0.25) is 0 Å². The number of anilines is 1. The van der Waals surface area contributed by atoms with E-state index in [0.29, 0.717) is 15.4 Å². The Morgan fingerprint density at radius 2 is 1.92 bits per heavy atom. The Morgan fingerprint density at radius 3 is 2.58 bits per heavy atom. The van der Waals surface area contributed by atoms with Crippen molar-refractivity contribution in [1.29, 1.82) is 5.26 Å². The van der Waals surface area contributed by atoms with Gasteiger partial charge in [-0.05, 0) is 23.9 Å². The van der Waals surface area contributed by atoms with Crippen molar-refractivity contribution in [1.82, 2.24) is 0 Å². The second-order valence-electron chi connectivity index (χ2n) is 5.33. The lowest BCUT2D eigenvalue weighted by molar-refractivity contribution is 0.0438. The summed E-state index contributed by atoms with van der Waals surface area (Å²) in [4.78, 5) is 25.6. The Balaban J connectivity index is 1.99. The molecule has 1 N–H and O–H groups in total. The summed E-state index contributed by atoms with van der Waals surface area (Å²) in [7, 11) is 0. The first-order valence-electron chi connectivity index (χ1n) is 7.72. The van der Waals surface area contributed by atoms with E-state index in [9.17, 15) is 9.59 Å². The fourth-order valence-corrected chi connectivity index (χ4v) is 3.87. The molecule has 1 atom stereocenters. The highest BCUT2D eigenvalue weighted by Crippen LogP contribution is 2.36. The molecular weight excluding hydrogens is 368 g/mol. The molecule has 2 heterocycles. The molecule has 0 aliphatic heterocycles. The molecule has 0 fully saturated rings. The summed E-state index contributed by atoms with van der Waals surface area (Å²) in [6, 6.07) is 14.7. The predicted octanol–water partition coefficient (Wildman–Crippen LogP) is 4.80. The first-order chi connectivity index (χ1) is 12.6. The van der Waals surface area contributed by atoms with Gasteiger partial charge in [0.15, 0.2) is 6.10 Å². The van der Waals surface area contributed by atoms with Crippen molar-refractivity contribution in [2.24, 2.45) is 0 Å². The maximum Gasteiger partial charge on any atom is 0.343 e. The van der Waals surface area contributed by atoms with Gasteiger partial charge in [0, 0.05) is 10.9 Å². The number of ether oxygens (including phenoxy) is 1. The molecule has 0 saturated carbocycles. The van der Waals surface area contributed by atoms with Crippen molar-refractivity contribution in [3.63, 3.8) is 0 Å². The summed E-state index contributed by atoms with van der Waals surface area (Å²) in [5.74, 6) is -0.926. The van der Waals surface area contributed by atoms with Crippen LogP contribution >= 0.6 is 22.7 Å². The number of hydrogen-bond donors (Lipinski definition) is 1. The summed E-state index contributed by atoms with van der Waals surface area (Å²) in [5, 5.41) is 15.7. The monoisotopic (exact) mass is 382 g/mol. The number of carbonyl (C=O) groups is 2. The van der Waals surface area contributed by atoms with E-state index < -0.39 is 12.1 Å². The van der Waals surface area contributed by atoms with Crippen molar-refractivity contribution in [3.8, 4) is 17.2 Å². The molecule has 1 amide bonds. The van der Waals surface area contributed by atoms with E-state index >= 15 is 0 Å². The van der Waals surface area contributed by atoms with Gasteiger partial charge in [-0.1, -0.05) is 36.4 Å². The number of carbonyl (C=O) groups excluding carboxylic acids is 2. The van der Waals surface area contributed by atoms with Gasteiger partial charge < -0.3 is 10.1 Å². The Kier molecular flexibility index (Phi) is 5.46. The molecule has 0 radical (unpaired) electrons. The van der Waals surface area contributed by atoms with E-state index in [0.717, 1.165) is 5.56 Å². The average Bonchev–Trinajstić information content (AvgIpc) is 3.32. The number of hydrogen-bond acceptors (Lipinski definition) is 6. The van der Waals surface area contributed by atoms with Gasteiger partial charge >= 0.3 is 5.97 Å². The van der Waals surface area contributed by atoms with Gasteiger partial charge in [0.2, 0.25) is 0 Å². The summed E-state index contributed by atoms with van der Waals surface area (Å²) in [6.45, 7) is 1.50. The zero-order valence-corrected chi connectivity index (χ0v) is 15.4. The van der Waals surface area contributed by atoms with Gasteiger partial charge in [0.25, 0.3) is 5.91 Å². The molecule has 0 aliphatic rings. The van der Waals surface area contributed by atoms with E-state index in [-0.39, 0.29) is 11.5 Å². The minimum Gasteiger partial charge on any atom is -0.444 e. The Bertz CT molecular complexity index is 957. The molecule has 0 aliphatic carbocycles. The second-order valence-corrected chi connectivity index (χ2v) is 7.15. The minimum atomic E-state index is -0.883. The fraction of sp³-hybridized carbons (Fsp3) is 0.105. The summed E-state index contributed by atoms with van der Waals surface area (Å²) in [5.41, 5.74) is 1.75. The van der Waals surface area contributed by atoms with Crippen LogP contribution in [0.5, 0.6) is 0 Å². The molecule has 1 aromatic carbocycles. The van der Waals surface area contributed by atoms with E-state index in [1.54, 1.807) is 17.5 Å². The maximum absolute atomic E-state index is 12.6. The molecule has 3 aromatic rings. The lowest BCUT2D eigenvalue weighted by Crippen LogP contribution is -2.17. The van der Waals surface area contributed by atoms with E-state index in [4.69, 9.17) is 10.00 Å². The molecule has 26 heavy (non-hydrogen) atoms. The first-order valence-corrected chi connectivity index (χ1v) is 9.48. The lowest BCUT2D eigenvalue weighted by atomic mass is 10.0. The lowest BCUT2D eigenvalue weighted by Gasteiger charge is -2.10. The van der Waals surface area contributed by atoms with Crippen LogP contribution in [0.1, 0.15) is 27.0 Å². The van der Waals surface area contributed by atoms with E-state index in [1.807, 2.05) is 41.8 Å². The predicted molar refractivity (Wildman–Crippen MR) is 103 cm³/mol. The van der Waals surface area contributed by atoms with Crippen molar-refractivity contribution in [3.05, 3.63) is 63.7 Å². The fourth-order valence-electron chi connectivity index (χ4n) is 2.30. The average molecular weight is 382 g/mol. The molecule has 0 bridgehead atoms. The van der Waals surface area contributed by atoms with Gasteiger partial charge in [-0.3, -0.25) is 4.79 Å². The largest absolute Gasteiger partial charge is 0.444 e. The van der Waals surface area contributed by atoms with Crippen molar-refractivity contribution in [2.45, 2.75) is 13.0 Å². The molecule has 130 valence electrons. The molecule has 7 heteroatoms. The van der Waals surface area contributed by atoms with Gasteiger partial charge in [0.05, 0.1) is 4.88 Å². The number of benzene rings is 1. The molecule has 5 nitrogen and oxygen atoms in total. The van der Waals surface area contributed by atoms with Crippen LogP contribution in [0, 0.1) is 11.3 Å². The van der Waals surface area contributed by atoms with Gasteiger partial charge in [0.1, 0.15) is 16.6 Å². The van der Waals surface area contributed by atoms with Crippen LogP contribution in [-0.2, 0) is 4.74 Å². The first kappa shape index (κ1) is 17.9. The number of nitrogens with one attached hydrogen (secondary N) is 1. The maximum atomic E-state index is 12.6. The van der Waals surface area contributed by atoms with Crippen LogP contribution in [0.25, 0.3) is 11.1 Å². The molecular formula is C19H14N2O3S2. The van der Waals surface area contributed by atoms with Crippen LogP contribution in [0.15, 0.2) is 53.2 Å². The number of rotatable bonds is 5. The van der Waals surface area contributed by atoms with Crippen LogP contribution < -0.4 is 5.32 Å². The van der Waals surface area contributed by atoms with E-state index in [1.165, 1.54) is 29.6 Å². The topological polar surface area (TPSA) is 79.2 Å². The van der Waals surface area contributed by atoms with Crippen LogP contribution in [-0.4, -0.2) is 18.0 Å². The van der Waals surface area contributed by atoms with Crippen molar-refractivity contribution < 1.29 is 14.3 Å². The molecule has 0 saturated heterocycles. The molecule has 3 rings (SSSR count). The Hall–Kier alpha value is -2.95. The number of thiophene rings is 2. The molecule has 2 aromatic heterocycles. The quantitative estimate of drug-likeness (QED) is 0.643. The minimum absolute atomic E-state index is 0.258. The zero-order chi connectivity index (χ0) is 18.5. The standard InChI is InChI=1S/C19H14N2O3S2/c1-12(10-20)24-19(23)16-14(13-6-3-2-4-7-13)11-26-18(16)21-17(22)15-8-5-9-25-15/h2-9,11-12H,1H3,(H,21,22). The second kappa shape index (κ2) is 7.95. The Morgan fingerprint density at radius 1 is 1.15 bits per heavy atom. The third kappa shape index (κ3) is 3.82. The third-order valence-electron chi connectivity index (χ3n) is 3.52. The summed E-state index contributed by atoms with van der Waals surface area (Å²) < 4.78 is 5.18. The number of esters is 1. The van der Waals surface area contributed by atoms with E-state index in [2.05, 4.69) is 5.32 Å². The van der Waals surface area contributed by atoms with Crippen molar-refractivity contribution >= 4 is 39.6 Å². The summed E-state index contributed by atoms with van der Waals surface area (Å²) >= 11 is 2.56. The molecule has 1 unspecified atom stereocenters. The highest BCUT2D eigenvalue weighted by molar-refractivity contribution is 7.15. The Labute approximate surface area is 158 Å². The van der Waals surface area contributed by atoms with Gasteiger partial charge in [-0.2, -0.15) is 5.26 Å². The highest BCUT2D eigenvalue weighted by atomic mass is 32.1. The number of nitrogens with zero attached hydrogens (tertiary/aromatic N) is 1. The smallest absolute Gasteiger partial charge is 0.343 e. The normalized spacial score (nSPS) is 11.4. The SMILES string of the molecule is CC(C#N)OC(=O)c1c(-c2ccccc2)csc1NC(=O)c1cccs1. The third-order valence-corrected chi connectivity index (χ3v) is 5.28. The van der Waals surface area contributed by atoms with Gasteiger partial charge in [-0.15, -0.1) is 22.7 Å².